The Bertz CT molecular complexity index is 944. The largest absolute Gasteiger partial charge is 0.463 e. The molecule has 166 valence electrons. The number of fused-ring (bicyclic) bond motifs is 1. The summed E-state index contributed by atoms with van der Waals surface area (Å²) in [6, 6.07) is 7.37. The van der Waals surface area contributed by atoms with Crippen LogP contribution in [0.25, 0.3) is 11.1 Å². The molecule has 2 amide bonds. The van der Waals surface area contributed by atoms with Crippen LogP contribution in [-0.4, -0.2) is 61.3 Å². The maximum atomic E-state index is 12.8. The van der Waals surface area contributed by atoms with Crippen molar-refractivity contribution in [2.75, 3.05) is 33.4 Å². The molecule has 1 unspecified atom stereocenters. The number of allylic oxidation sites excluding steroid dienone is 1. The molecule has 0 bridgehead atoms. The quantitative estimate of drug-likeness (QED) is 0.650. The molecule has 31 heavy (non-hydrogen) atoms. The van der Waals surface area contributed by atoms with E-state index < -0.39 is 0 Å². The average molecular weight is 428 g/mol. The predicted octanol–water partition coefficient (Wildman–Crippen LogP) is 2.01. The van der Waals surface area contributed by atoms with Crippen LogP contribution in [-0.2, 0) is 14.3 Å². The van der Waals surface area contributed by atoms with Gasteiger partial charge in [0.25, 0.3) is 11.8 Å². The molecule has 1 aromatic heterocycles. The Balaban J connectivity index is 1.25. The van der Waals surface area contributed by atoms with Gasteiger partial charge in [0.1, 0.15) is 5.52 Å². The minimum atomic E-state index is -0.233. The van der Waals surface area contributed by atoms with E-state index in [1.807, 2.05) is 31.2 Å². The number of ether oxygens (including phenoxy) is 2. The first kappa shape index (κ1) is 21.2. The smallest absolute Gasteiger partial charge is 0.309 e. The minimum absolute atomic E-state index is 0.143. The van der Waals surface area contributed by atoms with Gasteiger partial charge in [-0.25, -0.2) is 4.98 Å². The summed E-state index contributed by atoms with van der Waals surface area (Å²) in [7, 11) is 1.59. The average Bonchev–Trinajstić information content (AvgIpc) is 3.37. The molecule has 2 aliphatic heterocycles. The molecular formula is C22H28N4O5. The zero-order chi connectivity index (χ0) is 21.8. The number of nitrogens with zero attached hydrogens (tertiary/aromatic N) is 2. The highest BCUT2D eigenvalue weighted by Gasteiger charge is 2.32. The summed E-state index contributed by atoms with van der Waals surface area (Å²) < 4.78 is 16.4. The van der Waals surface area contributed by atoms with Crippen molar-refractivity contribution in [3.05, 3.63) is 41.6 Å². The molecule has 1 aromatic carbocycles. The van der Waals surface area contributed by atoms with Crippen LogP contribution in [0.5, 0.6) is 0 Å². The monoisotopic (exact) mass is 428 g/mol. The number of amides is 2. The van der Waals surface area contributed by atoms with Crippen LogP contribution in [0.15, 0.2) is 40.1 Å². The Morgan fingerprint density at radius 1 is 1.29 bits per heavy atom. The fourth-order valence-electron chi connectivity index (χ4n) is 4.02. The van der Waals surface area contributed by atoms with Crippen LogP contribution in [0.2, 0.25) is 0 Å². The van der Waals surface area contributed by atoms with E-state index in [2.05, 4.69) is 15.6 Å². The molecular weight excluding hydrogens is 400 g/mol. The SMILES string of the molecule is COCCNC(=O)C1=C(C)NC(CC2CCN(C(=O)c3nc4ccccc4o3)CC2)O1. The van der Waals surface area contributed by atoms with E-state index in [9.17, 15) is 9.59 Å². The van der Waals surface area contributed by atoms with Gasteiger partial charge in [0, 0.05) is 33.2 Å². The predicted molar refractivity (Wildman–Crippen MR) is 113 cm³/mol. The molecule has 1 saturated heterocycles. The number of aromatic nitrogens is 1. The number of nitrogens with one attached hydrogen (secondary N) is 2. The van der Waals surface area contributed by atoms with Crippen molar-refractivity contribution in [2.24, 2.45) is 5.92 Å². The number of carbonyl (C=O) groups excluding carboxylic acids is 2. The van der Waals surface area contributed by atoms with E-state index in [0.717, 1.165) is 25.0 Å². The van der Waals surface area contributed by atoms with E-state index in [1.165, 1.54) is 0 Å². The zero-order valence-corrected chi connectivity index (χ0v) is 17.8. The second-order valence-corrected chi connectivity index (χ2v) is 7.91. The van der Waals surface area contributed by atoms with Gasteiger partial charge >= 0.3 is 5.91 Å². The van der Waals surface area contributed by atoms with Gasteiger partial charge in [-0.15, -0.1) is 0 Å². The summed E-state index contributed by atoms with van der Waals surface area (Å²) in [6.45, 7) is 4.02. The van der Waals surface area contributed by atoms with Crippen molar-refractivity contribution >= 4 is 22.9 Å². The maximum Gasteiger partial charge on any atom is 0.309 e. The van der Waals surface area contributed by atoms with Gasteiger partial charge in [-0.3, -0.25) is 9.59 Å². The Morgan fingerprint density at radius 2 is 2.06 bits per heavy atom. The van der Waals surface area contributed by atoms with Crippen LogP contribution in [0, 0.1) is 5.92 Å². The molecule has 0 aliphatic carbocycles. The lowest BCUT2D eigenvalue weighted by atomic mass is 9.92. The van der Waals surface area contributed by atoms with Crippen LogP contribution in [0.1, 0.15) is 36.9 Å². The highest BCUT2D eigenvalue weighted by molar-refractivity contribution is 5.93. The number of rotatable bonds is 7. The summed E-state index contributed by atoms with van der Waals surface area (Å²) in [6.07, 6.45) is 2.27. The summed E-state index contributed by atoms with van der Waals surface area (Å²) in [5, 5.41) is 6.03. The molecule has 9 nitrogen and oxygen atoms in total. The number of benzene rings is 1. The molecule has 1 atom stereocenters. The van der Waals surface area contributed by atoms with E-state index in [0.29, 0.717) is 49.0 Å². The molecule has 0 spiro atoms. The summed E-state index contributed by atoms with van der Waals surface area (Å²) in [5.41, 5.74) is 2.05. The molecule has 9 heteroatoms. The lowest BCUT2D eigenvalue weighted by Gasteiger charge is -2.32. The normalized spacial score (nSPS) is 19.4. The van der Waals surface area contributed by atoms with Crippen molar-refractivity contribution in [2.45, 2.75) is 32.4 Å². The highest BCUT2D eigenvalue weighted by atomic mass is 16.5. The number of oxazole rings is 1. The van der Waals surface area contributed by atoms with Gasteiger partial charge in [0.05, 0.1) is 12.3 Å². The number of likely N-dealkylation sites (tertiary alicyclic amines) is 1. The Labute approximate surface area is 180 Å². The van der Waals surface area contributed by atoms with E-state index >= 15 is 0 Å². The fourth-order valence-corrected chi connectivity index (χ4v) is 4.02. The van der Waals surface area contributed by atoms with Crippen molar-refractivity contribution in [3.63, 3.8) is 0 Å². The molecule has 2 N–H and O–H groups in total. The van der Waals surface area contributed by atoms with Crippen LogP contribution < -0.4 is 10.6 Å². The van der Waals surface area contributed by atoms with Gasteiger partial charge in [-0.05, 0) is 37.8 Å². The number of hydrogen-bond acceptors (Lipinski definition) is 7. The zero-order valence-electron chi connectivity index (χ0n) is 17.8. The lowest BCUT2D eigenvalue weighted by molar-refractivity contribution is -0.121. The first-order valence-corrected chi connectivity index (χ1v) is 10.6. The number of piperidine rings is 1. The third-order valence-electron chi connectivity index (χ3n) is 5.70. The van der Waals surface area contributed by atoms with Gasteiger partial charge < -0.3 is 29.4 Å². The fraction of sp³-hybridized carbons (Fsp3) is 0.500. The molecule has 0 radical (unpaired) electrons. The summed E-state index contributed by atoms with van der Waals surface area (Å²) >= 11 is 0. The van der Waals surface area contributed by atoms with Gasteiger partial charge in [0.2, 0.25) is 5.76 Å². The number of hydrogen-bond donors (Lipinski definition) is 2. The third kappa shape index (κ3) is 4.82. The Hall–Kier alpha value is -3.07. The van der Waals surface area contributed by atoms with Crippen LogP contribution in [0.4, 0.5) is 0 Å². The summed E-state index contributed by atoms with van der Waals surface area (Å²) in [4.78, 5) is 31.1. The van der Waals surface area contributed by atoms with E-state index in [-0.39, 0.29) is 23.9 Å². The third-order valence-corrected chi connectivity index (χ3v) is 5.70. The number of methoxy groups -OCH3 is 1. The van der Waals surface area contributed by atoms with Gasteiger partial charge in [0.15, 0.2) is 11.8 Å². The molecule has 3 heterocycles. The molecule has 0 saturated carbocycles. The Morgan fingerprint density at radius 3 is 2.81 bits per heavy atom. The van der Waals surface area contributed by atoms with Gasteiger partial charge in [-0.2, -0.15) is 0 Å². The van der Waals surface area contributed by atoms with E-state index in [4.69, 9.17) is 13.9 Å². The van der Waals surface area contributed by atoms with Crippen molar-refractivity contribution in [1.29, 1.82) is 0 Å². The number of para-hydroxylation sites is 2. The second kappa shape index (κ2) is 9.38. The van der Waals surface area contributed by atoms with E-state index in [1.54, 1.807) is 12.0 Å². The van der Waals surface area contributed by atoms with Crippen molar-refractivity contribution in [3.8, 4) is 0 Å². The first-order valence-electron chi connectivity index (χ1n) is 10.6. The molecule has 2 aromatic rings. The first-order chi connectivity index (χ1) is 15.0. The van der Waals surface area contributed by atoms with Crippen molar-refractivity contribution in [1.82, 2.24) is 20.5 Å². The minimum Gasteiger partial charge on any atom is -0.463 e. The standard InChI is InChI=1S/C22H28N4O5/c1-14-19(20(27)23-9-12-29-2)31-18(24-14)13-15-7-10-26(11-8-15)22(28)21-25-16-5-3-4-6-17(16)30-21/h3-6,15,18,24H,7-13H2,1-2H3,(H,23,27). The topological polar surface area (TPSA) is 106 Å². The van der Waals surface area contributed by atoms with Gasteiger partial charge in [-0.1, -0.05) is 12.1 Å². The van der Waals surface area contributed by atoms with Crippen LogP contribution >= 0.6 is 0 Å². The maximum absolute atomic E-state index is 12.8. The molecule has 2 aliphatic rings. The number of carbonyl (C=O) groups is 2. The Kier molecular flexibility index (Phi) is 6.41. The molecule has 4 rings (SSSR count). The second-order valence-electron chi connectivity index (χ2n) is 7.91. The van der Waals surface area contributed by atoms with Crippen LogP contribution in [0.3, 0.4) is 0 Å². The lowest BCUT2D eigenvalue weighted by Crippen LogP contribution is -2.40. The molecule has 1 fully saturated rings. The highest BCUT2D eigenvalue weighted by Crippen LogP contribution is 2.27. The summed E-state index contributed by atoms with van der Waals surface area (Å²) in [5.74, 6) is 0.476. The van der Waals surface area contributed by atoms with Crippen molar-refractivity contribution < 1.29 is 23.5 Å².